The summed E-state index contributed by atoms with van der Waals surface area (Å²) in [5.74, 6) is -1.24. The zero-order chi connectivity index (χ0) is 20.9. The molecule has 0 saturated carbocycles. The van der Waals surface area contributed by atoms with Crippen LogP contribution in [0.4, 0.5) is 5.69 Å². The summed E-state index contributed by atoms with van der Waals surface area (Å²) in [7, 11) is 1.77. The van der Waals surface area contributed by atoms with Crippen molar-refractivity contribution < 1.29 is 9.59 Å². The quantitative estimate of drug-likeness (QED) is 0.520. The number of para-hydroxylation sites is 1. The highest BCUT2D eigenvalue weighted by molar-refractivity contribution is 7.80. The van der Waals surface area contributed by atoms with E-state index in [2.05, 4.69) is 5.32 Å². The maximum atomic E-state index is 13.7. The molecule has 3 atom stereocenters. The molecule has 0 unspecified atom stereocenters. The minimum atomic E-state index is -1.10. The van der Waals surface area contributed by atoms with E-state index in [-0.39, 0.29) is 11.7 Å². The first-order valence-corrected chi connectivity index (χ1v) is 10.3. The van der Waals surface area contributed by atoms with Crippen molar-refractivity contribution in [1.82, 2.24) is 5.32 Å². The molecule has 0 aromatic heterocycles. The molecular formula is C25H20N2O2S. The average Bonchev–Trinajstić information content (AvgIpc) is 3.22. The summed E-state index contributed by atoms with van der Waals surface area (Å²) in [6.07, 6.45) is 0. The van der Waals surface area contributed by atoms with Crippen LogP contribution in [0.15, 0.2) is 84.9 Å². The molecule has 2 aliphatic heterocycles. The zero-order valence-corrected chi connectivity index (χ0v) is 17.2. The fraction of sp³-hybridized carbons (Fsp3) is 0.160. The van der Waals surface area contributed by atoms with Crippen LogP contribution >= 0.6 is 12.2 Å². The first kappa shape index (κ1) is 18.7. The Morgan fingerprint density at radius 3 is 2.23 bits per heavy atom. The number of nitrogens with one attached hydrogen (secondary N) is 1. The number of carbonyl (C=O) groups is 2. The van der Waals surface area contributed by atoms with Gasteiger partial charge in [0, 0.05) is 29.8 Å². The minimum absolute atomic E-state index is 0.0707. The van der Waals surface area contributed by atoms with E-state index in [0.717, 1.165) is 16.8 Å². The summed E-state index contributed by atoms with van der Waals surface area (Å²) >= 11 is 5.72. The molecule has 0 bridgehead atoms. The van der Waals surface area contributed by atoms with E-state index in [9.17, 15) is 9.59 Å². The molecule has 1 spiro atoms. The number of rotatable bonds is 3. The zero-order valence-electron chi connectivity index (χ0n) is 16.4. The molecule has 1 saturated heterocycles. The fourth-order valence-electron chi connectivity index (χ4n) is 4.92. The van der Waals surface area contributed by atoms with Crippen molar-refractivity contribution in [2.75, 3.05) is 11.9 Å². The standard InChI is InChI=1S/C25H20N2O2S/c1-27-19-15-9-8-14-18(19)25(24(27)29)21(16-10-4-2-5-11-16)20(23(30)26-25)22(28)17-12-6-3-7-13-17/h2-15,20-21H,1H3,(H,26,30)/t20-,21+,25+/m1/s1. The van der Waals surface area contributed by atoms with E-state index in [1.807, 2.05) is 72.8 Å². The third-order valence-electron chi connectivity index (χ3n) is 6.23. The number of hydrogen-bond acceptors (Lipinski definition) is 3. The van der Waals surface area contributed by atoms with E-state index < -0.39 is 17.4 Å². The van der Waals surface area contributed by atoms with Crippen LogP contribution in [0, 0.1) is 5.92 Å². The Balaban J connectivity index is 1.75. The molecule has 1 fully saturated rings. The average molecular weight is 413 g/mol. The van der Waals surface area contributed by atoms with Gasteiger partial charge in [-0.15, -0.1) is 0 Å². The van der Waals surface area contributed by atoms with Gasteiger partial charge in [0.2, 0.25) is 0 Å². The second-order valence-corrected chi connectivity index (χ2v) is 8.21. The molecule has 0 aliphatic carbocycles. The van der Waals surface area contributed by atoms with E-state index in [1.165, 1.54) is 0 Å². The molecule has 1 amide bonds. The van der Waals surface area contributed by atoms with Gasteiger partial charge in [0.05, 0.1) is 10.9 Å². The number of Topliss-reactive ketones (excluding diaryl/α,β-unsaturated/α-hetero) is 1. The number of thiocarbonyl (C=S) groups is 1. The Morgan fingerprint density at radius 1 is 0.933 bits per heavy atom. The lowest BCUT2D eigenvalue weighted by Crippen LogP contribution is -2.50. The number of ketones is 1. The van der Waals surface area contributed by atoms with E-state index in [4.69, 9.17) is 12.2 Å². The van der Waals surface area contributed by atoms with Crippen molar-refractivity contribution in [2.45, 2.75) is 11.5 Å². The van der Waals surface area contributed by atoms with Gasteiger partial charge in [-0.1, -0.05) is 91.1 Å². The highest BCUT2D eigenvalue weighted by Gasteiger charge is 2.63. The molecule has 0 radical (unpaired) electrons. The summed E-state index contributed by atoms with van der Waals surface area (Å²) in [5, 5.41) is 3.33. The second kappa shape index (κ2) is 6.89. The van der Waals surface area contributed by atoms with Crippen molar-refractivity contribution in [1.29, 1.82) is 0 Å². The summed E-state index contributed by atoms with van der Waals surface area (Å²) < 4.78 is 0. The predicted octanol–water partition coefficient (Wildman–Crippen LogP) is 4.07. The van der Waals surface area contributed by atoms with Gasteiger partial charge in [-0.05, 0) is 11.6 Å². The van der Waals surface area contributed by atoms with Crippen LogP contribution in [0.25, 0.3) is 0 Å². The number of hydrogen-bond donors (Lipinski definition) is 1. The highest BCUT2D eigenvalue weighted by Crippen LogP contribution is 2.54. The molecule has 30 heavy (non-hydrogen) atoms. The molecule has 5 rings (SSSR count). The summed E-state index contributed by atoms with van der Waals surface area (Å²) in [6, 6.07) is 26.6. The van der Waals surface area contributed by atoms with Gasteiger partial charge in [-0.2, -0.15) is 0 Å². The fourth-order valence-corrected chi connectivity index (χ4v) is 5.32. The normalized spacial score (nSPS) is 24.8. The van der Waals surface area contributed by atoms with Crippen LogP contribution in [0.3, 0.4) is 0 Å². The Kier molecular flexibility index (Phi) is 4.29. The largest absolute Gasteiger partial charge is 0.361 e. The van der Waals surface area contributed by atoms with Gasteiger partial charge in [-0.25, -0.2) is 0 Å². The smallest absolute Gasteiger partial charge is 0.257 e. The lowest BCUT2D eigenvalue weighted by molar-refractivity contribution is -0.124. The van der Waals surface area contributed by atoms with Gasteiger partial charge in [0.15, 0.2) is 11.3 Å². The molecule has 148 valence electrons. The predicted molar refractivity (Wildman–Crippen MR) is 121 cm³/mol. The number of likely N-dealkylation sites (N-methyl/N-ethyl adjacent to an activating group) is 1. The van der Waals surface area contributed by atoms with E-state index in [1.54, 1.807) is 24.1 Å². The number of anilines is 1. The molecule has 2 heterocycles. The van der Waals surface area contributed by atoms with Crippen molar-refractivity contribution in [2.24, 2.45) is 5.92 Å². The van der Waals surface area contributed by atoms with Crippen LogP contribution in [0.1, 0.15) is 27.4 Å². The Labute approximate surface area is 180 Å². The van der Waals surface area contributed by atoms with E-state index >= 15 is 0 Å². The first-order valence-electron chi connectivity index (χ1n) is 9.89. The van der Waals surface area contributed by atoms with Gasteiger partial charge >= 0.3 is 0 Å². The number of benzene rings is 3. The first-order chi connectivity index (χ1) is 14.6. The van der Waals surface area contributed by atoms with Gasteiger partial charge in [-0.3, -0.25) is 9.59 Å². The number of nitrogens with zero attached hydrogens (tertiary/aromatic N) is 1. The topological polar surface area (TPSA) is 49.4 Å². The number of fused-ring (bicyclic) bond motifs is 2. The lowest BCUT2D eigenvalue weighted by Gasteiger charge is -2.32. The summed E-state index contributed by atoms with van der Waals surface area (Å²) in [6.45, 7) is 0. The molecule has 4 nitrogen and oxygen atoms in total. The van der Waals surface area contributed by atoms with Crippen molar-refractivity contribution >= 4 is 34.6 Å². The number of amides is 1. The molecule has 3 aromatic carbocycles. The third-order valence-corrected chi connectivity index (χ3v) is 6.59. The highest BCUT2D eigenvalue weighted by atomic mass is 32.1. The van der Waals surface area contributed by atoms with Crippen LogP contribution in [-0.4, -0.2) is 23.7 Å². The van der Waals surface area contributed by atoms with Gasteiger partial charge in [0.1, 0.15) is 0 Å². The van der Waals surface area contributed by atoms with Crippen molar-refractivity contribution in [3.05, 3.63) is 102 Å². The molecule has 5 heteroatoms. The van der Waals surface area contributed by atoms with Crippen LogP contribution in [0.5, 0.6) is 0 Å². The minimum Gasteiger partial charge on any atom is -0.361 e. The number of carbonyl (C=O) groups excluding carboxylic acids is 2. The van der Waals surface area contributed by atoms with Crippen LogP contribution in [-0.2, 0) is 10.3 Å². The molecule has 3 aromatic rings. The summed E-state index contributed by atoms with van der Waals surface area (Å²) in [4.78, 5) is 29.4. The third kappa shape index (κ3) is 2.48. The van der Waals surface area contributed by atoms with Crippen LogP contribution in [0.2, 0.25) is 0 Å². The van der Waals surface area contributed by atoms with Gasteiger partial charge in [0.25, 0.3) is 5.91 Å². The maximum Gasteiger partial charge on any atom is 0.257 e. The molecule has 1 N–H and O–H groups in total. The van der Waals surface area contributed by atoms with Crippen molar-refractivity contribution in [3.63, 3.8) is 0 Å². The maximum absolute atomic E-state index is 13.7. The second-order valence-electron chi connectivity index (χ2n) is 7.77. The molecule has 2 aliphatic rings. The lowest BCUT2D eigenvalue weighted by atomic mass is 9.70. The SMILES string of the molecule is CN1C(=O)[C@]2(NC(=S)[C@@H](C(=O)c3ccccc3)[C@@H]2c2ccccc2)c2ccccc21. The molecular weight excluding hydrogens is 392 g/mol. The Bertz CT molecular complexity index is 1160. The Morgan fingerprint density at radius 2 is 1.53 bits per heavy atom. The van der Waals surface area contributed by atoms with E-state index in [0.29, 0.717) is 10.6 Å². The monoisotopic (exact) mass is 412 g/mol. The van der Waals surface area contributed by atoms with Crippen molar-refractivity contribution in [3.8, 4) is 0 Å². The van der Waals surface area contributed by atoms with Gasteiger partial charge < -0.3 is 10.2 Å². The summed E-state index contributed by atoms with van der Waals surface area (Å²) in [5.41, 5.74) is 2.11. The van der Waals surface area contributed by atoms with Crippen LogP contribution < -0.4 is 10.2 Å². The Hall–Kier alpha value is -3.31.